The second kappa shape index (κ2) is 7.63. The standard InChI is InChI=1S/C13H17F3N2O2S.ClH/c1-17-8-9-2-4-18(5-3-9)21(19,20)13-11(15)6-10(14)7-12(13)16;/h6-7,9,17H,2-5,8H2,1H3;1H. The van der Waals surface area contributed by atoms with Crippen LogP contribution in [0.2, 0.25) is 0 Å². The summed E-state index contributed by atoms with van der Waals surface area (Å²) in [6, 6.07) is 0.757. The normalized spacial score (nSPS) is 17.3. The molecule has 0 saturated carbocycles. The number of nitrogens with one attached hydrogen (secondary N) is 1. The Kier molecular flexibility index (Phi) is 6.66. The van der Waals surface area contributed by atoms with Crippen molar-refractivity contribution in [2.75, 3.05) is 26.7 Å². The van der Waals surface area contributed by atoms with Crippen molar-refractivity contribution in [2.45, 2.75) is 17.7 Å². The maximum atomic E-state index is 13.7. The molecule has 1 aromatic carbocycles. The van der Waals surface area contributed by atoms with Crippen LogP contribution in [0.1, 0.15) is 12.8 Å². The van der Waals surface area contributed by atoms with Crippen LogP contribution >= 0.6 is 12.4 Å². The Hall–Kier alpha value is -0.830. The third kappa shape index (κ3) is 3.92. The zero-order valence-electron chi connectivity index (χ0n) is 12.0. The molecule has 1 heterocycles. The Balaban J connectivity index is 0.00000242. The van der Waals surface area contributed by atoms with Gasteiger partial charge in [-0.15, -0.1) is 12.4 Å². The van der Waals surface area contributed by atoms with Crippen LogP contribution < -0.4 is 5.32 Å². The fraction of sp³-hybridized carbons (Fsp3) is 0.538. The molecule has 1 aliphatic rings. The number of rotatable bonds is 4. The van der Waals surface area contributed by atoms with E-state index >= 15 is 0 Å². The molecule has 4 nitrogen and oxygen atoms in total. The van der Waals surface area contributed by atoms with E-state index in [0.717, 1.165) is 10.8 Å². The van der Waals surface area contributed by atoms with E-state index in [9.17, 15) is 21.6 Å². The average molecular weight is 359 g/mol. The van der Waals surface area contributed by atoms with Gasteiger partial charge in [-0.3, -0.25) is 0 Å². The van der Waals surface area contributed by atoms with Gasteiger partial charge in [0.05, 0.1) is 0 Å². The monoisotopic (exact) mass is 358 g/mol. The number of piperidine rings is 1. The maximum absolute atomic E-state index is 13.7. The van der Waals surface area contributed by atoms with Gasteiger partial charge in [-0.05, 0) is 32.4 Å². The van der Waals surface area contributed by atoms with E-state index in [1.54, 1.807) is 0 Å². The average Bonchev–Trinajstić information content (AvgIpc) is 2.38. The molecule has 0 spiro atoms. The molecule has 1 aromatic rings. The van der Waals surface area contributed by atoms with E-state index in [-0.39, 0.29) is 25.5 Å². The highest BCUT2D eigenvalue weighted by molar-refractivity contribution is 7.89. The van der Waals surface area contributed by atoms with E-state index in [0.29, 0.717) is 30.9 Å². The van der Waals surface area contributed by atoms with Crippen LogP contribution in [0.5, 0.6) is 0 Å². The molecular formula is C13H18ClF3N2O2S. The lowest BCUT2D eigenvalue weighted by atomic mass is 9.98. The second-order valence-electron chi connectivity index (χ2n) is 5.10. The predicted octanol–water partition coefficient (Wildman–Crippen LogP) is 2.15. The molecule has 0 atom stereocenters. The minimum atomic E-state index is -4.28. The van der Waals surface area contributed by atoms with Crippen molar-refractivity contribution in [3.63, 3.8) is 0 Å². The van der Waals surface area contributed by atoms with Gasteiger partial charge in [0, 0.05) is 25.2 Å². The summed E-state index contributed by atoms with van der Waals surface area (Å²) in [5.41, 5.74) is 0. The molecule has 0 aromatic heterocycles. The first-order valence-electron chi connectivity index (χ1n) is 6.65. The molecule has 1 fully saturated rings. The van der Waals surface area contributed by atoms with E-state index < -0.39 is 32.4 Å². The molecule has 22 heavy (non-hydrogen) atoms. The van der Waals surface area contributed by atoms with Gasteiger partial charge in [0.25, 0.3) is 0 Å². The van der Waals surface area contributed by atoms with Crippen LogP contribution in [-0.2, 0) is 10.0 Å². The number of halogens is 4. The van der Waals surface area contributed by atoms with Gasteiger partial charge in [0.15, 0.2) is 4.90 Å². The lowest BCUT2D eigenvalue weighted by Crippen LogP contribution is -2.41. The summed E-state index contributed by atoms with van der Waals surface area (Å²) in [4.78, 5) is -1.07. The molecule has 0 aliphatic carbocycles. The fourth-order valence-electron chi connectivity index (χ4n) is 2.55. The molecule has 0 amide bonds. The topological polar surface area (TPSA) is 49.4 Å². The van der Waals surface area contributed by atoms with Crippen LogP contribution in [-0.4, -0.2) is 39.4 Å². The largest absolute Gasteiger partial charge is 0.319 e. The third-order valence-electron chi connectivity index (χ3n) is 3.63. The second-order valence-corrected chi connectivity index (χ2v) is 6.98. The molecule has 0 bridgehead atoms. The van der Waals surface area contributed by atoms with Crippen molar-refractivity contribution >= 4 is 22.4 Å². The number of hydrogen-bond acceptors (Lipinski definition) is 3. The van der Waals surface area contributed by atoms with Gasteiger partial charge < -0.3 is 5.32 Å². The SMILES string of the molecule is CNCC1CCN(S(=O)(=O)c2c(F)cc(F)cc2F)CC1.Cl. The summed E-state index contributed by atoms with van der Waals surface area (Å²) >= 11 is 0. The smallest absolute Gasteiger partial charge is 0.248 e. The van der Waals surface area contributed by atoms with Crippen molar-refractivity contribution in [1.29, 1.82) is 0 Å². The quantitative estimate of drug-likeness (QED) is 0.897. The molecule has 9 heteroatoms. The molecule has 1 saturated heterocycles. The van der Waals surface area contributed by atoms with Gasteiger partial charge >= 0.3 is 0 Å². The third-order valence-corrected chi connectivity index (χ3v) is 5.58. The van der Waals surface area contributed by atoms with Crippen LogP contribution in [0, 0.1) is 23.4 Å². The highest BCUT2D eigenvalue weighted by Gasteiger charge is 2.33. The first-order valence-corrected chi connectivity index (χ1v) is 8.09. The summed E-state index contributed by atoms with van der Waals surface area (Å²) < 4.78 is 65.9. The van der Waals surface area contributed by atoms with Crippen LogP contribution in [0.3, 0.4) is 0 Å². The summed E-state index contributed by atoms with van der Waals surface area (Å²) in [7, 11) is -2.47. The minimum absolute atomic E-state index is 0. The summed E-state index contributed by atoms with van der Waals surface area (Å²) in [6.45, 7) is 1.17. The van der Waals surface area contributed by atoms with Gasteiger partial charge in [-0.1, -0.05) is 0 Å². The Bertz CT molecular complexity index is 597. The number of hydrogen-bond donors (Lipinski definition) is 1. The molecule has 2 rings (SSSR count). The fourth-order valence-corrected chi connectivity index (χ4v) is 4.11. The van der Waals surface area contributed by atoms with Crippen molar-refractivity contribution in [1.82, 2.24) is 9.62 Å². The molecule has 0 radical (unpaired) electrons. The van der Waals surface area contributed by atoms with Gasteiger partial charge in [-0.2, -0.15) is 4.31 Å². The first-order chi connectivity index (χ1) is 9.86. The van der Waals surface area contributed by atoms with Gasteiger partial charge in [0.2, 0.25) is 10.0 Å². The number of sulfonamides is 1. The zero-order chi connectivity index (χ0) is 15.6. The highest BCUT2D eigenvalue weighted by atomic mass is 35.5. The van der Waals surface area contributed by atoms with Gasteiger partial charge in [-0.25, -0.2) is 21.6 Å². The van der Waals surface area contributed by atoms with Crippen molar-refractivity contribution in [3.05, 3.63) is 29.6 Å². The predicted molar refractivity (Wildman–Crippen MR) is 79.0 cm³/mol. The molecule has 1 N–H and O–H groups in total. The van der Waals surface area contributed by atoms with Crippen molar-refractivity contribution in [3.8, 4) is 0 Å². The van der Waals surface area contributed by atoms with E-state index in [1.165, 1.54) is 0 Å². The van der Waals surface area contributed by atoms with Gasteiger partial charge in [0.1, 0.15) is 17.5 Å². The molecule has 1 aliphatic heterocycles. The van der Waals surface area contributed by atoms with Crippen LogP contribution in [0.15, 0.2) is 17.0 Å². The lowest BCUT2D eigenvalue weighted by Gasteiger charge is -2.31. The van der Waals surface area contributed by atoms with E-state index in [2.05, 4.69) is 5.32 Å². The zero-order valence-corrected chi connectivity index (χ0v) is 13.6. The first kappa shape index (κ1) is 19.2. The number of nitrogens with zero attached hydrogens (tertiary/aromatic N) is 1. The lowest BCUT2D eigenvalue weighted by molar-refractivity contribution is 0.269. The Labute approximate surface area is 134 Å². The highest BCUT2D eigenvalue weighted by Crippen LogP contribution is 2.27. The van der Waals surface area contributed by atoms with Crippen LogP contribution in [0.25, 0.3) is 0 Å². The summed E-state index contributed by atoms with van der Waals surface area (Å²) in [5, 5.41) is 3.02. The van der Waals surface area contributed by atoms with Crippen molar-refractivity contribution < 1.29 is 21.6 Å². The number of benzene rings is 1. The summed E-state index contributed by atoms with van der Waals surface area (Å²) in [6.07, 6.45) is 1.23. The Morgan fingerprint density at radius 2 is 1.68 bits per heavy atom. The Morgan fingerprint density at radius 1 is 1.18 bits per heavy atom. The summed E-state index contributed by atoms with van der Waals surface area (Å²) in [5.74, 6) is -3.60. The van der Waals surface area contributed by atoms with E-state index in [4.69, 9.17) is 0 Å². The van der Waals surface area contributed by atoms with E-state index in [1.807, 2.05) is 7.05 Å². The maximum Gasteiger partial charge on any atom is 0.248 e. The minimum Gasteiger partial charge on any atom is -0.319 e. The van der Waals surface area contributed by atoms with Crippen molar-refractivity contribution in [2.24, 2.45) is 5.92 Å². The molecule has 0 unspecified atom stereocenters. The molecular weight excluding hydrogens is 341 g/mol. The Morgan fingerprint density at radius 3 is 2.14 bits per heavy atom. The molecule has 126 valence electrons. The van der Waals surface area contributed by atoms with Crippen LogP contribution in [0.4, 0.5) is 13.2 Å².